The van der Waals surface area contributed by atoms with Crippen LogP contribution in [0.2, 0.25) is 0 Å². The van der Waals surface area contributed by atoms with Gasteiger partial charge in [0.05, 0.1) is 5.92 Å². The van der Waals surface area contributed by atoms with Crippen LogP contribution in [0.5, 0.6) is 0 Å². The fraction of sp³-hybridized carbons (Fsp3) is 0.308. The van der Waals surface area contributed by atoms with Crippen molar-refractivity contribution in [3.05, 3.63) is 36.0 Å². The molecular weight excluding hydrogens is 202 g/mol. The van der Waals surface area contributed by atoms with Gasteiger partial charge in [-0.1, -0.05) is 18.6 Å². The average molecular weight is 217 g/mol. The lowest BCUT2D eigenvalue weighted by Gasteiger charge is -2.09. The van der Waals surface area contributed by atoms with E-state index >= 15 is 0 Å². The summed E-state index contributed by atoms with van der Waals surface area (Å²) in [6.07, 6.45) is 1.95. The third-order valence-electron chi connectivity index (χ3n) is 2.82. The Labute approximate surface area is 94.3 Å². The van der Waals surface area contributed by atoms with E-state index < -0.39 is 5.97 Å². The molecule has 16 heavy (non-hydrogen) atoms. The summed E-state index contributed by atoms with van der Waals surface area (Å²) in [6, 6.07) is 8.22. The summed E-state index contributed by atoms with van der Waals surface area (Å²) in [5, 5.41) is 10.0. The van der Waals surface area contributed by atoms with Gasteiger partial charge in [0.15, 0.2) is 0 Å². The molecule has 3 nitrogen and oxygen atoms in total. The number of nitrogens with zero attached hydrogens (tertiary/aromatic N) is 1. The number of rotatable bonds is 3. The smallest absolute Gasteiger partial charge is 0.308 e. The summed E-state index contributed by atoms with van der Waals surface area (Å²) in [4.78, 5) is 10.8. The van der Waals surface area contributed by atoms with Crippen molar-refractivity contribution in [3.63, 3.8) is 0 Å². The molecular formula is C13H15NO2. The van der Waals surface area contributed by atoms with Crippen molar-refractivity contribution in [2.24, 2.45) is 5.92 Å². The summed E-state index contributed by atoms with van der Waals surface area (Å²) < 4.78 is 1.99. The highest BCUT2D eigenvalue weighted by molar-refractivity contribution is 5.81. The zero-order valence-corrected chi connectivity index (χ0v) is 9.47. The molecule has 2 aromatic rings. The van der Waals surface area contributed by atoms with Gasteiger partial charge < -0.3 is 9.67 Å². The minimum atomic E-state index is -0.756. The monoisotopic (exact) mass is 217 g/mol. The number of aromatic nitrogens is 1. The summed E-state index contributed by atoms with van der Waals surface area (Å²) in [5.41, 5.74) is 2.32. The Kier molecular flexibility index (Phi) is 2.69. The quantitative estimate of drug-likeness (QED) is 0.858. The predicted octanol–water partition coefficient (Wildman–Crippen LogP) is 2.67. The molecule has 1 N–H and O–H groups in total. The van der Waals surface area contributed by atoms with Crippen molar-refractivity contribution in [1.82, 2.24) is 4.57 Å². The Balaban J connectivity index is 2.35. The van der Waals surface area contributed by atoms with E-state index in [4.69, 9.17) is 5.11 Å². The van der Waals surface area contributed by atoms with Gasteiger partial charge in [0.25, 0.3) is 0 Å². The molecule has 0 amide bonds. The summed E-state index contributed by atoms with van der Waals surface area (Å²) in [7, 11) is 0. The third kappa shape index (κ3) is 1.94. The van der Waals surface area contributed by atoms with Crippen LogP contribution >= 0.6 is 0 Å². The first kappa shape index (κ1) is 10.7. The zero-order chi connectivity index (χ0) is 11.7. The molecule has 1 atom stereocenters. The number of fused-ring (bicyclic) bond motifs is 1. The van der Waals surface area contributed by atoms with E-state index in [2.05, 4.69) is 13.0 Å². The van der Waals surface area contributed by atoms with Crippen molar-refractivity contribution in [3.8, 4) is 0 Å². The van der Waals surface area contributed by atoms with E-state index in [0.717, 1.165) is 10.9 Å². The van der Waals surface area contributed by atoms with Gasteiger partial charge in [0.2, 0.25) is 0 Å². The average Bonchev–Trinajstić information content (AvgIpc) is 2.60. The zero-order valence-electron chi connectivity index (χ0n) is 9.47. The SMILES string of the molecule is Cc1ccc2c(ccn2CC(C)C(=O)O)c1. The first-order chi connectivity index (χ1) is 7.58. The van der Waals surface area contributed by atoms with E-state index in [-0.39, 0.29) is 5.92 Å². The van der Waals surface area contributed by atoms with Crippen molar-refractivity contribution >= 4 is 16.9 Å². The Morgan fingerprint density at radius 1 is 1.44 bits per heavy atom. The van der Waals surface area contributed by atoms with Crippen LogP contribution in [-0.4, -0.2) is 15.6 Å². The maximum Gasteiger partial charge on any atom is 0.308 e. The predicted molar refractivity (Wildman–Crippen MR) is 63.5 cm³/mol. The molecule has 0 spiro atoms. The van der Waals surface area contributed by atoms with Gasteiger partial charge in [0, 0.05) is 18.3 Å². The van der Waals surface area contributed by atoms with Gasteiger partial charge in [-0.3, -0.25) is 4.79 Å². The van der Waals surface area contributed by atoms with E-state index in [1.807, 2.05) is 29.0 Å². The third-order valence-corrected chi connectivity index (χ3v) is 2.82. The summed E-state index contributed by atoms with van der Waals surface area (Å²) in [5.74, 6) is -1.12. The highest BCUT2D eigenvalue weighted by Gasteiger charge is 2.12. The number of benzene rings is 1. The highest BCUT2D eigenvalue weighted by atomic mass is 16.4. The molecule has 0 aliphatic carbocycles. The first-order valence-corrected chi connectivity index (χ1v) is 5.36. The Morgan fingerprint density at radius 2 is 2.19 bits per heavy atom. The molecule has 0 aliphatic rings. The Bertz CT molecular complexity index is 528. The Morgan fingerprint density at radius 3 is 2.88 bits per heavy atom. The fourth-order valence-corrected chi connectivity index (χ4v) is 1.85. The number of carboxylic acid groups (broad SMARTS) is 1. The van der Waals surface area contributed by atoms with Crippen molar-refractivity contribution in [2.75, 3.05) is 0 Å². The van der Waals surface area contributed by atoms with Crippen LogP contribution in [0.3, 0.4) is 0 Å². The molecule has 1 heterocycles. The van der Waals surface area contributed by atoms with Crippen LogP contribution in [-0.2, 0) is 11.3 Å². The lowest BCUT2D eigenvalue weighted by atomic mass is 10.1. The summed E-state index contributed by atoms with van der Waals surface area (Å²) >= 11 is 0. The van der Waals surface area contributed by atoms with Crippen LogP contribution in [0.4, 0.5) is 0 Å². The van der Waals surface area contributed by atoms with Crippen LogP contribution in [0.25, 0.3) is 10.9 Å². The molecule has 0 radical (unpaired) electrons. The van der Waals surface area contributed by atoms with E-state index in [1.165, 1.54) is 5.56 Å². The van der Waals surface area contributed by atoms with Crippen LogP contribution in [0.15, 0.2) is 30.5 Å². The molecule has 0 saturated heterocycles. The van der Waals surface area contributed by atoms with E-state index in [9.17, 15) is 4.79 Å². The number of hydrogen-bond acceptors (Lipinski definition) is 1. The fourth-order valence-electron chi connectivity index (χ4n) is 1.85. The normalized spacial score (nSPS) is 12.9. The number of aliphatic carboxylic acids is 1. The number of carbonyl (C=O) groups is 1. The minimum Gasteiger partial charge on any atom is -0.481 e. The van der Waals surface area contributed by atoms with E-state index in [0.29, 0.717) is 6.54 Å². The Hall–Kier alpha value is -1.77. The molecule has 0 saturated carbocycles. The number of aryl methyl sites for hydroxylation is 1. The number of carboxylic acids is 1. The first-order valence-electron chi connectivity index (χ1n) is 5.36. The van der Waals surface area contributed by atoms with E-state index in [1.54, 1.807) is 6.92 Å². The second-order valence-corrected chi connectivity index (χ2v) is 4.27. The van der Waals surface area contributed by atoms with Crippen molar-refractivity contribution in [1.29, 1.82) is 0 Å². The van der Waals surface area contributed by atoms with Gasteiger partial charge in [-0.25, -0.2) is 0 Å². The lowest BCUT2D eigenvalue weighted by molar-refractivity contribution is -0.141. The second kappa shape index (κ2) is 4.00. The van der Waals surface area contributed by atoms with Gasteiger partial charge in [-0.05, 0) is 30.5 Å². The maximum atomic E-state index is 10.8. The highest BCUT2D eigenvalue weighted by Crippen LogP contribution is 2.18. The second-order valence-electron chi connectivity index (χ2n) is 4.27. The van der Waals surface area contributed by atoms with Crippen molar-refractivity contribution < 1.29 is 9.90 Å². The molecule has 1 unspecified atom stereocenters. The number of hydrogen-bond donors (Lipinski definition) is 1. The molecule has 1 aromatic carbocycles. The summed E-state index contributed by atoms with van der Waals surface area (Å²) in [6.45, 7) is 4.29. The van der Waals surface area contributed by atoms with Gasteiger partial charge in [-0.15, -0.1) is 0 Å². The van der Waals surface area contributed by atoms with Crippen molar-refractivity contribution in [2.45, 2.75) is 20.4 Å². The minimum absolute atomic E-state index is 0.364. The van der Waals surface area contributed by atoms with Crippen LogP contribution < -0.4 is 0 Å². The molecule has 84 valence electrons. The van der Waals surface area contributed by atoms with Gasteiger partial charge in [-0.2, -0.15) is 0 Å². The standard InChI is InChI=1S/C13H15NO2/c1-9-3-4-12-11(7-9)5-6-14(12)8-10(2)13(15)16/h3-7,10H,8H2,1-2H3,(H,15,16). The van der Waals surface area contributed by atoms with Gasteiger partial charge >= 0.3 is 5.97 Å². The van der Waals surface area contributed by atoms with Crippen LogP contribution in [0.1, 0.15) is 12.5 Å². The maximum absolute atomic E-state index is 10.8. The van der Waals surface area contributed by atoms with Gasteiger partial charge in [0.1, 0.15) is 0 Å². The topological polar surface area (TPSA) is 42.2 Å². The molecule has 3 heteroatoms. The molecule has 1 aromatic heterocycles. The molecule has 0 fully saturated rings. The molecule has 2 rings (SSSR count). The van der Waals surface area contributed by atoms with Crippen LogP contribution in [0, 0.1) is 12.8 Å². The largest absolute Gasteiger partial charge is 0.481 e. The lowest BCUT2D eigenvalue weighted by Crippen LogP contribution is -2.16. The molecule has 0 bridgehead atoms. The molecule has 0 aliphatic heterocycles.